The molecule has 0 fully saturated rings. The Bertz CT molecular complexity index is 4940. The topological polar surface area (TPSA) is 0 Å². The molecule has 0 amide bonds. The monoisotopic (exact) mass is 1270 g/mol. The lowest BCUT2D eigenvalue weighted by Crippen LogP contribution is -1.93. The molecule has 0 saturated heterocycles. The van der Waals surface area contributed by atoms with Crippen molar-refractivity contribution in [1.82, 2.24) is 0 Å². The van der Waals surface area contributed by atoms with Crippen LogP contribution in [0.3, 0.4) is 0 Å². The van der Waals surface area contributed by atoms with Crippen LogP contribution in [0.15, 0.2) is 267 Å². The minimum atomic E-state index is 0.823. The zero-order chi connectivity index (χ0) is 70.0. The van der Waals surface area contributed by atoms with Gasteiger partial charge in [0.05, 0.1) is 0 Å². The molecule has 100 heavy (non-hydrogen) atoms. The first-order chi connectivity index (χ1) is 48.5. The van der Waals surface area contributed by atoms with E-state index in [1.165, 1.54) is 55.6 Å². The van der Waals surface area contributed by atoms with Crippen molar-refractivity contribution in [2.45, 2.75) is 69.2 Å². The molecule has 0 unspecified atom stereocenters. The van der Waals surface area contributed by atoms with Gasteiger partial charge in [0.2, 0.25) is 0 Å². The molecular formula is C100H74. The summed E-state index contributed by atoms with van der Waals surface area (Å²) in [6.45, 7) is 20.8. The van der Waals surface area contributed by atoms with Gasteiger partial charge in [0.25, 0.3) is 0 Å². The van der Waals surface area contributed by atoms with Crippen molar-refractivity contribution in [1.29, 1.82) is 0 Å². The molecule has 474 valence electrons. The molecule has 12 rings (SSSR count). The summed E-state index contributed by atoms with van der Waals surface area (Å²) < 4.78 is 0. The van der Waals surface area contributed by atoms with Crippen molar-refractivity contribution in [2.24, 2.45) is 0 Å². The van der Waals surface area contributed by atoms with Crippen LogP contribution in [0.25, 0.3) is 0 Å². The van der Waals surface area contributed by atoms with Crippen LogP contribution in [0.2, 0.25) is 0 Å². The molecule has 12 aromatic rings. The van der Waals surface area contributed by atoms with Crippen molar-refractivity contribution in [2.75, 3.05) is 0 Å². The van der Waals surface area contributed by atoms with Crippen LogP contribution in [-0.2, 0) is 0 Å². The Kier molecular flexibility index (Phi) is 24.3. The number of aryl methyl sites for hydroxylation is 10. The number of benzene rings is 12. The van der Waals surface area contributed by atoms with Crippen LogP contribution in [0, 0.1) is 176 Å². The molecule has 12 aromatic carbocycles. The summed E-state index contributed by atoms with van der Waals surface area (Å²) in [5, 5.41) is 0. The van der Waals surface area contributed by atoms with Crippen molar-refractivity contribution < 1.29 is 0 Å². The Balaban J connectivity index is 0.000000168. The SMILES string of the molecule is Cc1ccc(C#Cc2cc(C#Cc3ccc(C)cc3)c(C#Cc3ccc(C)cc3)cc2C#Cc2ccc(C)cc2)cc1.Cc1ccc(C#Cc2cc(C#Cc3ccc(C)cc3)cc(C#Cc3ccc(C)cc3)c2)cc1.Cc1ccc(C#Cc2cc(C)cc(C#Cc3ccc(C)cc3)c2)cc1. The molecule has 0 N–H and O–H groups in total. The van der Waals surface area contributed by atoms with E-state index in [-0.39, 0.29) is 0 Å². The molecule has 0 radical (unpaired) electrons. The quantitative estimate of drug-likeness (QED) is 0.133. The maximum atomic E-state index is 3.38. The average molecular weight is 1280 g/mol. The lowest BCUT2D eigenvalue weighted by molar-refractivity contribution is 1.43. The highest BCUT2D eigenvalue weighted by Crippen LogP contribution is 2.19. The minimum absolute atomic E-state index is 0.823. The first kappa shape index (κ1) is 69.5. The summed E-state index contributed by atoms with van der Waals surface area (Å²) in [6.07, 6.45) is 0. The Morgan fingerprint density at radius 3 is 0.380 bits per heavy atom. The summed E-state index contributed by atoms with van der Waals surface area (Å²) >= 11 is 0. The van der Waals surface area contributed by atoms with Gasteiger partial charge in [0.1, 0.15) is 0 Å². The van der Waals surface area contributed by atoms with Crippen molar-refractivity contribution in [3.8, 4) is 107 Å². The van der Waals surface area contributed by atoms with Gasteiger partial charge in [-0.2, -0.15) is 0 Å². The van der Waals surface area contributed by atoms with Gasteiger partial charge in [-0.25, -0.2) is 0 Å². The Labute approximate surface area is 594 Å². The molecule has 0 atom stereocenters. The van der Waals surface area contributed by atoms with Crippen LogP contribution < -0.4 is 0 Å². The summed E-state index contributed by atoms with van der Waals surface area (Å²) in [5.41, 5.74) is 29.0. The van der Waals surface area contributed by atoms with Gasteiger partial charge in [0.15, 0.2) is 0 Å². The number of hydrogen-bond acceptors (Lipinski definition) is 0. The second-order valence-electron chi connectivity index (χ2n) is 24.9. The molecule has 0 aliphatic rings. The molecule has 0 aliphatic heterocycles. The second kappa shape index (κ2) is 34.9. The smallest absolute Gasteiger partial charge is 0.0419 e. The van der Waals surface area contributed by atoms with Gasteiger partial charge in [-0.05, 0) is 233 Å². The molecule has 0 heteroatoms. The van der Waals surface area contributed by atoms with Gasteiger partial charge >= 0.3 is 0 Å². The fourth-order valence-electron chi connectivity index (χ4n) is 9.80. The molecule has 0 aliphatic carbocycles. The number of rotatable bonds is 0. The summed E-state index contributed by atoms with van der Waals surface area (Å²) in [6, 6.07) is 90.5. The standard InChI is InChI=1S/C42H30.C33H24.C25H20/c1-31-5-13-35(14-6-31)21-25-39-29-41(27-23-37-17-9-33(3)10-18-37)42(28-24-38-19-11-34(4)12-20-38)30-40(39)26-22-36-15-7-32(2)8-16-36;1-25-4-10-28(11-5-25)16-19-31-22-32(20-17-29-12-6-26(2)7-13-29)24-33(23-31)21-18-30-14-8-27(3)9-15-30;1-19-4-8-22(9-5-19)12-14-24-16-21(3)17-25(18-24)15-13-23-10-6-20(2)7-11-23/h5-20,29-30H,1-4H3;4-15,22-24H,1-3H3;4-11,16-18H,1-3H3. The van der Waals surface area contributed by atoms with E-state index in [0.717, 1.165) is 100 Å². The van der Waals surface area contributed by atoms with Crippen molar-refractivity contribution >= 4 is 0 Å². The molecule has 0 aromatic heterocycles. The maximum Gasteiger partial charge on any atom is 0.0419 e. The van der Waals surface area contributed by atoms with Gasteiger partial charge < -0.3 is 0 Å². The zero-order valence-electron chi connectivity index (χ0n) is 58.4. The molecular weight excluding hydrogens is 1200 g/mol. The summed E-state index contributed by atoms with van der Waals surface area (Å²) in [5.74, 6) is 59.4. The molecule has 0 spiro atoms. The van der Waals surface area contributed by atoms with E-state index in [1.54, 1.807) is 0 Å². The normalized spacial score (nSPS) is 9.58. The third-order valence-electron chi connectivity index (χ3n) is 15.8. The largest absolute Gasteiger partial charge is 0.0617 e. The van der Waals surface area contributed by atoms with Crippen LogP contribution in [0.1, 0.15) is 156 Å². The van der Waals surface area contributed by atoms with Gasteiger partial charge in [0, 0.05) is 100 Å². The zero-order valence-corrected chi connectivity index (χ0v) is 58.4. The lowest BCUT2D eigenvalue weighted by atomic mass is 9.97. The van der Waals surface area contributed by atoms with Gasteiger partial charge in [-0.1, -0.05) is 266 Å². The third kappa shape index (κ3) is 22.7. The third-order valence-corrected chi connectivity index (χ3v) is 15.8. The van der Waals surface area contributed by atoms with E-state index in [0.29, 0.717) is 0 Å². The lowest BCUT2D eigenvalue weighted by Gasteiger charge is -2.04. The minimum Gasteiger partial charge on any atom is -0.0617 e. The molecule has 0 heterocycles. The van der Waals surface area contributed by atoms with Gasteiger partial charge in [-0.15, -0.1) is 0 Å². The van der Waals surface area contributed by atoms with Crippen LogP contribution >= 0.6 is 0 Å². The predicted molar refractivity (Wildman–Crippen MR) is 418 cm³/mol. The molecule has 0 nitrogen and oxygen atoms in total. The van der Waals surface area contributed by atoms with Gasteiger partial charge in [-0.3, -0.25) is 0 Å². The highest BCUT2D eigenvalue weighted by Gasteiger charge is 2.07. The van der Waals surface area contributed by atoms with Crippen LogP contribution in [0.4, 0.5) is 0 Å². The van der Waals surface area contributed by atoms with Crippen molar-refractivity contribution in [3.05, 3.63) is 423 Å². The summed E-state index contributed by atoms with van der Waals surface area (Å²) in [4.78, 5) is 0. The second-order valence-corrected chi connectivity index (χ2v) is 24.9. The van der Waals surface area contributed by atoms with E-state index < -0.39 is 0 Å². The van der Waals surface area contributed by atoms with E-state index in [1.807, 2.05) is 115 Å². The predicted octanol–water partition coefficient (Wildman–Crippen LogP) is 20.7. The first-order valence-corrected chi connectivity index (χ1v) is 33.3. The Hall–Kier alpha value is -13.3. The molecule has 0 saturated carbocycles. The van der Waals surface area contributed by atoms with E-state index in [9.17, 15) is 0 Å². The Morgan fingerprint density at radius 2 is 0.230 bits per heavy atom. The van der Waals surface area contributed by atoms with Crippen LogP contribution in [0.5, 0.6) is 0 Å². The first-order valence-electron chi connectivity index (χ1n) is 33.3. The fraction of sp³-hybridized carbons (Fsp3) is 0.100. The highest BCUT2D eigenvalue weighted by molar-refractivity contribution is 5.65. The fourth-order valence-corrected chi connectivity index (χ4v) is 9.80. The Morgan fingerprint density at radius 1 is 0.110 bits per heavy atom. The van der Waals surface area contributed by atoms with E-state index in [2.05, 4.69) is 327 Å². The average Bonchev–Trinajstić information content (AvgIpc) is 0.820. The molecule has 0 bridgehead atoms. The van der Waals surface area contributed by atoms with E-state index >= 15 is 0 Å². The highest BCUT2D eigenvalue weighted by atomic mass is 14.1. The van der Waals surface area contributed by atoms with E-state index in [4.69, 9.17) is 0 Å². The van der Waals surface area contributed by atoms with Crippen molar-refractivity contribution in [3.63, 3.8) is 0 Å². The van der Waals surface area contributed by atoms with Crippen LogP contribution in [-0.4, -0.2) is 0 Å². The number of hydrogen-bond donors (Lipinski definition) is 0. The summed E-state index contributed by atoms with van der Waals surface area (Å²) in [7, 11) is 0. The maximum absolute atomic E-state index is 3.38.